The third-order valence-electron chi connectivity index (χ3n) is 2.18. The van der Waals surface area contributed by atoms with Gasteiger partial charge in [0, 0.05) is 13.1 Å². The molecule has 16 heavy (non-hydrogen) atoms. The first-order valence-electron chi connectivity index (χ1n) is 4.72. The summed E-state index contributed by atoms with van der Waals surface area (Å²) in [5.74, 6) is -0.472. The molecule has 6 nitrogen and oxygen atoms in total. The highest BCUT2D eigenvalue weighted by molar-refractivity contribution is 6.29. The van der Waals surface area contributed by atoms with Crippen LogP contribution < -0.4 is 5.32 Å². The molecule has 1 aliphatic heterocycles. The van der Waals surface area contributed by atoms with E-state index >= 15 is 0 Å². The van der Waals surface area contributed by atoms with Crippen LogP contribution in [0.15, 0.2) is 12.1 Å². The summed E-state index contributed by atoms with van der Waals surface area (Å²) in [5.41, 5.74) is 0.194. The summed E-state index contributed by atoms with van der Waals surface area (Å²) in [5, 5.41) is 10.1. The number of carbonyl (C=O) groups is 2. The molecule has 0 atom stereocenters. The summed E-state index contributed by atoms with van der Waals surface area (Å²) < 4.78 is 0. The van der Waals surface area contributed by atoms with Crippen molar-refractivity contribution in [1.82, 2.24) is 20.4 Å². The first-order chi connectivity index (χ1) is 7.66. The minimum atomic E-state index is -0.306. The lowest BCUT2D eigenvalue weighted by molar-refractivity contribution is -0.123. The van der Waals surface area contributed by atoms with E-state index in [9.17, 15) is 9.59 Å². The number of piperazine rings is 1. The fourth-order valence-electron chi connectivity index (χ4n) is 1.40. The third-order valence-corrected chi connectivity index (χ3v) is 2.38. The first-order valence-corrected chi connectivity index (χ1v) is 5.10. The maximum Gasteiger partial charge on any atom is 0.274 e. The molecular weight excluding hydrogens is 232 g/mol. The van der Waals surface area contributed by atoms with Gasteiger partial charge in [0.15, 0.2) is 10.8 Å². The summed E-state index contributed by atoms with van der Waals surface area (Å²) in [6.45, 7) is 1.00. The van der Waals surface area contributed by atoms with Crippen LogP contribution in [-0.2, 0) is 4.79 Å². The van der Waals surface area contributed by atoms with E-state index < -0.39 is 0 Å². The molecule has 1 N–H and O–H groups in total. The van der Waals surface area contributed by atoms with Crippen LogP contribution in [0.4, 0.5) is 0 Å². The highest BCUT2D eigenvalue weighted by atomic mass is 35.5. The van der Waals surface area contributed by atoms with Crippen molar-refractivity contribution in [3.05, 3.63) is 23.0 Å². The Bertz CT molecular complexity index is 420. The van der Waals surface area contributed by atoms with Gasteiger partial charge in [-0.25, -0.2) is 0 Å². The maximum atomic E-state index is 11.9. The van der Waals surface area contributed by atoms with Crippen LogP contribution in [0, 0.1) is 0 Å². The molecule has 0 aliphatic carbocycles. The molecule has 0 unspecified atom stereocenters. The average Bonchev–Trinajstić information content (AvgIpc) is 2.29. The Hall–Kier alpha value is -1.69. The fraction of sp³-hybridized carbons (Fsp3) is 0.333. The standard InChI is InChI=1S/C9H9ClN4O2/c10-7-2-1-6(12-13-7)9(16)14-4-3-11-8(15)5-14/h1-2H,3-5H2,(H,11,15). The SMILES string of the molecule is O=C1CN(C(=O)c2ccc(Cl)nn2)CCN1. The Labute approximate surface area is 96.6 Å². The maximum absolute atomic E-state index is 11.9. The quantitative estimate of drug-likeness (QED) is 0.732. The molecule has 1 aromatic rings. The molecule has 2 heterocycles. The van der Waals surface area contributed by atoms with Crippen molar-refractivity contribution < 1.29 is 9.59 Å². The van der Waals surface area contributed by atoms with Crippen molar-refractivity contribution >= 4 is 23.4 Å². The van der Waals surface area contributed by atoms with E-state index in [-0.39, 0.29) is 29.2 Å². The van der Waals surface area contributed by atoms with Crippen LogP contribution in [0.2, 0.25) is 5.15 Å². The number of hydrogen-bond acceptors (Lipinski definition) is 4. The summed E-state index contributed by atoms with van der Waals surface area (Å²) in [6, 6.07) is 2.98. The van der Waals surface area contributed by atoms with Crippen molar-refractivity contribution in [2.24, 2.45) is 0 Å². The van der Waals surface area contributed by atoms with E-state index in [4.69, 9.17) is 11.6 Å². The van der Waals surface area contributed by atoms with Gasteiger partial charge in [-0.15, -0.1) is 10.2 Å². The van der Waals surface area contributed by atoms with Gasteiger partial charge in [-0.05, 0) is 12.1 Å². The van der Waals surface area contributed by atoms with E-state index in [1.54, 1.807) is 0 Å². The third kappa shape index (κ3) is 2.27. The van der Waals surface area contributed by atoms with Crippen molar-refractivity contribution in [3.8, 4) is 0 Å². The number of halogens is 1. The topological polar surface area (TPSA) is 75.2 Å². The molecular formula is C9H9ClN4O2. The van der Waals surface area contributed by atoms with Crippen molar-refractivity contribution in [2.45, 2.75) is 0 Å². The molecule has 1 fully saturated rings. The number of amides is 2. The normalized spacial score (nSPS) is 15.8. The number of aromatic nitrogens is 2. The summed E-state index contributed by atoms with van der Waals surface area (Å²) in [6.07, 6.45) is 0. The molecule has 1 saturated heterocycles. The van der Waals surface area contributed by atoms with Crippen molar-refractivity contribution in [3.63, 3.8) is 0 Å². The predicted molar refractivity (Wildman–Crippen MR) is 56.0 cm³/mol. The van der Waals surface area contributed by atoms with Gasteiger partial charge in [-0.1, -0.05) is 11.6 Å². The lowest BCUT2D eigenvalue weighted by atomic mass is 10.3. The molecule has 1 aliphatic rings. The van der Waals surface area contributed by atoms with E-state index in [0.717, 1.165) is 0 Å². The molecule has 0 spiro atoms. The van der Waals surface area contributed by atoms with Gasteiger partial charge in [0.1, 0.15) is 0 Å². The van der Waals surface area contributed by atoms with Crippen molar-refractivity contribution in [1.29, 1.82) is 0 Å². The van der Waals surface area contributed by atoms with Gasteiger partial charge in [-0.2, -0.15) is 0 Å². The Balaban J connectivity index is 2.12. The molecule has 2 amide bonds. The predicted octanol–water partition coefficient (Wildman–Crippen LogP) is -0.298. The Morgan fingerprint density at radius 2 is 2.25 bits per heavy atom. The van der Waals surface area contributed by atoms with E-state index in [0.29, 0.717) is 13.1 Å². The Morgan fingerprint density at radius 3 is 2.88 bits per heavy atom. The first kappa shape index (κ1) is 10.8. The lowest BCUT2D eigenvalue weighted by Crippen LogP contribution is -2.50. The minimum absolute atomic E-state index is 0.0587. The summed E-state index contributed by atoms with van der Waals surface area (Å²) in [7, 11) is 0. The minimum Gasteiger partial charge on any atom is -0.353 e. The van der Waals surface area contributed by atoms with Gasteiger partial charge in [0.25, 0.3) is 5.91 Å². The molecule has 0 saturated carbocycles. The van der Waals surface area contributed by atoms with E-state index in [1.807, 2.05) is 0 Å². The van der Waals surface area contributed by atoms with Crippen LogP contribution >= 0.6 is 11.6 Å². The zero-order valence-corrected chi connectivity index (χ0v) is 9.07. The molecule has 2 rings (SSSR count). The second-order valence-corrected chi connectivity index (χ2v) is 3.71. The molecule has 7 heteroatoms. The van der Waals surface area contributed by atoms with Gasteiger partial charge in [-0.3, -0.25) is 9.59 Å². The van der Waals surface area contributed by atoms with Crippen molar-refractivity contribution in [2.75, 3.05) is 19.6 Å². The molecule has 0 bridgehead atoms. The molecule has 0 radical (unpaired) electrons. The highest BCUT2D eigenvalue weighted by Gasteiger charge is 2.23. The molecule has 84 valence electrons. The molecule has 0 aromatic carbocycles. The second-order valence-electron chi connectivity index (χ2n) is 3.32. The number of rotatable bonds is 1. The van der Waals surface area contributed by atoms with Gasteiger partial charge < -0.3 is 10.2 Å². The lowest BCUT2D eigenvalue weighted by Gasteiger charge is -2.26. The van der Waals surface area contributed by atoms with E-state index in [2.05, 4.69) is 15.5 Å². The van der Waals surface area contributed by atoms with Crippen LogP contribution in [0.25, 0.3) is 0 Å². The van der Waals surface area contributed by atoms with Gasteiger partial charge >= 0.3 is 0 Å². The van der Waals surface area contributed by atoms with Gasteiger partial charge in [0.2, 0.25) is 5.91 Å². The Morgan fingerprint density at radius 1 is 1.44 bits per heavy atom. The fourth-order valence-corrected chi connectivity index (χ4v) is 1.50. The van der Waals surface area contributed by atoms with Crippen LogP contribution in [-0.4, -0.2) is 46.5 Å². The second kappa shape index (κ2) is 4.44. The number of nitrogens with one attached hydrogen (secondary N) is 1. The smallest absolute Gasteiger partial charge is 0.274 e. The van der Waals surface area contributed by atoms with Crippen LogP contribution in [0.3, 0.4) is 0 Å². The number of nitrogens with zero attached hydrogens (tertiary/aromatic N) is 3. The van der Waals surface area contributed by atoms with Gasteiger partial charge in [0.05, 0.1) is 6.54 Å². The zero-order valence-electron chi connectivity index (χ0n) is 8.31. The van der Waals surface area contributed by atoms with Crippen LogP contribution in [0.1, 0.15) is 10.5 Å². The number of carbonyl (C=O) groups excluding carboxylic acids is 2. The summed E-state index contributed by atoms with van der Waals surface area (Å²) >= 11 is 5.56. The zero-order chi connectivity index (χ0) is 11.5. The number of hydrogen-bond donors (Lipinski definition) is 1. The van der Waals surface area contributed by atoms with E-state index in [1.165, 1.54) is 17.0 Å². The summed E-state index contributed by atoms with van der Waals surface area (Å²) in [4.78, 5) is 24.4. The average molecular weight is 241 g/mol. The largest absolute Gasteiger partial charge is 0.353 e. The monoisotopic (exact) mass is 240 g/mol. The molecule has 1 aromatic heterocycles. The van der Waals surface area contributed by atoms with Crippen LogP contribution in [0.5, 0.6) is 0 Å². The highest BCUT2D eigenvalue weighted by Crippen LogP contribution is 2.06. The Kier molecular flexibility index (Phi) is 3.00.